The topological polar surface area (TPSA) is 77.5 Å². The first-order valence-corrected chi connectivity index (χ1v) is 3.20. The molecule has 5 nitrogen and oxygen atoms in total. The molecule has 1 radical (unpaired) electrons. The van der Waals surface area contributed by atoms with Crippen molar-refractivity contribution in [1.29, 1.82) is 0 Å². The number of hydrogen-bond donors (Lipinski definition) is 0. The van der Waals surface area contributed by atoms with Crippen LogP contribution in [-0.2, 0) is 43.4 Å². The molecular weight excluding hydrogens is 267 g/mol. The molecule has 0 aliphatic rings. The van der Waals surface area contributed by atoms with E-state index in [1.54, 1.807) is 0 Å². The maximum absolute atomic E-state index is 10.7. The molecule has 0 fully saturated rings. The molecule has 6 heteroatoms. The minimum atomic E-state index is -1.16. The van der Waals surface area contributed by atoms with Crippen LogP contribution in [0.2, 0.25) is 0 Å². The molecule has 0 saturated carbocycles. The summed E-state index contributed by atoms with van der Waals surface area (Å²) in [5.41, 5.74) is 0. The molecule has 0 aliphatic carbocycles. The van der Waals surface area contributed by atoms with Crippen LogP contribution in [0, 0.1) is 5.92 Å². The maximum Gasteiger partial charge on any atom is 0.324 e. The number of aldehydes is 1. The standard InChI is InChI=1S/C7H8O5.Rh/c1-5(10)2-6(3-8)7(11)12-4-9;/h3-4,6H,2H2,1H3;. The van der Waals surface area contributed by atoms with Gasteiger partial charge < -0.3 is 9.53 Å². The van der Waals surface area contributed by atoms with Crippen molar-refractivity contribution in [3.05, 3.63) is 0 Å². The Balaban J connectivity index is 0. The summed E-state index contributed by atoms with van der Waals surface area (Å²) in [5, 5.41) is 0. The molecule has 0 aromatic heterocycles. The minimum Gasteiger partial charge on any atom is -0.395 e. The molecule has 0 aliphatic heterocycles. The van der Waals surface area contributed by atoms with E-state index in [4.69, 9.17) is 0 Å². The molecule has 0 bridgehead atoms. The fourth-order valence-electron chi connectivity index (χ4n) is 0.632. The zero-order valence-corrected chi connectivity index (χ0v) is 8.45. The second-order valence-electron chi connectivity index (χ2n) is 2.18. The van der Waals surface area contributed by atoms with Crippen LogP contribution < -0.4 is 0 Å². The number of ketones is 1. The Kier molecular flexibility index (Phi) is 8.70. The largest absolute Gasteiger partial charge is 0.395 e. The van der Waals surface area contributed by atoms with Gasteiger partial charge in [0.25, 0.3) is 0 Å². The number of rotatable bonds is 5. The first kappa shape index (κ1) is 14.6. The number of esters is 1. The molecule has 0 N–H and O–H groups in total. The van der Waals surface area contributed by atoms with E-state index in [9.17, 15) is 19.2 Å². The van der Waals surface area contributed by atoms with Gasteiger partial charge in [-0.15, -0.1) is 0 Å². The van der Waals surface area contributed by atoms with Crippen LogP contribution in [0.5, 0.6) is 0 Å². The van der Waals surface area contributed by atoms with Gasteiger partial charge in [0, 0.05) is 25.9 Å². The first-order valence-electron chi connectivity index (χ1n) is 3.20. The van der Waals surface area contributed by atoms with E-state index in [1.807, 2.05) is 0 Å². The van der Waals surface area contributed by atoms with Crippen molar-refractivity contribution >= 4 is 24.5 Å². The van der Waals surface area contributed by atoms with Crippen LogP contribution >= 0.6 is 0 Å². The summed E-state index contributed by atoms with van der Waals surface area (Å²) in [6, 6.07) is 0. The SMILES string of the molecule is CC(=O)CC(C=O)C(=O)OC=O.[Rh]. The zero-order chi connectivity index (χ0) is 9.56. The molecule has 0 rings (SSSR count). The van der Waals surface area contributed by atoms with Crippen LogP contribution in [0.1, 0.15) is 13.3 Å². The molecule has 1 unspecified atom stereocenters. The smallest absolute Gasteiger partial charge is 0.324 e. The van der Waals surface area contributed by atoms with E-state index in [0.29, 0.717) is 0 Å². The quantitative estimate of drug-likeness (QED) is 0.292. The Labute approximate surface area is 87.6 Å². The van der Waals surface area contributed by atoms with Gasteiger partial charge in [-0.1, -0.05) is 0 Å². The first-order chi connectivity index (χ1) is 5.61. The van der Waals surface area contributed by atoms with Crippen molar-refractivity contribution in [3.8, 4) is 0 Å². The van der Waals surface area contributed by atoms with E-state index in [0.717, 1.165) is 0 Å². The van der Waals surface area contributed by atoms with Crippen LogP contribution in [0.4, 0.5) is 0 Å². The second-order valence-corrected chi connectivity index (χ2v) is 2.18. The molecule has 75 valence electrons. The Morgan fingerprint density at radius 2 is 1.92 bits per heavy atom. The summed E-state index contributed by atoms with van der Waals surface area (Å²) in [7, 11) is 0. The van der Waals surface area contributed by atoms with Crippen molar-refractivity contribution < 1.29 is 43.4 Å². The van der Waals surface area contributed by atoms with Crippen molar-refractivity contribution in [1.82, 2.24) is 0 Å². The van der Waals surface area contributed by atoms with Gasteiger partial charge in [0.05, 0.1) is 0 Å². The molecular formula is C7H8O5Rh. The Morgan fingerprint density at radius 3 is 2.23 bits per heavy atom. The fraction of sp³-hybridized carbons (Fsp3) is 0.429. The van der Waals surface area contributed by atoms with E-state index in [1.165, 1.54) is 6.92 Å². The molecule has 1 atom stereocenters. The Hall–Kier alpha value is -0.897. The number of hydrogen-bond acceptors (Lipinski definition) is 5. The third-order valence-corrected chi connectivity index (χ3v) is 1.14. The predicted octanol–water partition coefficient (Wildman–Crippen LogP) is -0.522. The van der Waals surface area contributed by atoms with E-state index < -0.39 is 11.9 Å². The van der Waals surface area contributed by atoms with Crippen molar-refractivity contribution in [2.45, 2.75) is 13.3 Å². The third-order valence-electron chi connectivity index (χ3n) is 1.14. The van der Waals surface area contributed by atoms with E-state index >= 15 is 0 Å². The molecule has 0 heterocycles. The Morgan fingerprint density at radius 1 is 1.38 bits per heavy atom. The van der Waals surface area contributed by atoms with Gasteiger partial charge in [0.2, 0.25) is 0 Å². The van der Waals surface area contributed by atoms with Gasteiger partial charge >= 0.3 is 12.4 Å². The van der Waals surface area contributed by atoms with Gasteiger partial charge in [-0.05, 0) is 6.92 Å². The third kappa shape index (κ3) is 6.28. The van der Waals surface area contributed by atoms with Gasteiger partial charge in [0.1, 0.15) is 18.0 Å². The van der Waals surface area contributed by atoms with Crippen LogP contribution in [0.25, 0.3) is 0 Å². The predicted molar refractivity (Wildman–Crippen MR) is 37.0 cm³/mol. The fourth-order valence-corrected chi connectivity index (χ4v) is 0.632. The second kappa shape index (κ2) is 7.74. The number of carbonyl (C=O) groups excluding carboxylic acids is 4. The monoisotopic (exact) mass is 275 g/mol. The zero-order valence-electron chi connectivity index (χ0n) is 6.81. The molecule has 13 heavy (non-hydrogen) atoms. The summed E-state index contributed by atoms with van der Waals surface area (Å²) in [6.07, 6.45) is 0.0589. The normalized spacial score (nSPS) is 10.5. The number of ether oxygens (including phenoxy) is 1. The van der Waals surface area contributed by atoms with Crippen molar-refractivity contribution in [2.75, 3.05) is 0 Å². The summed E-state index contributed by atoms with van der Waals surface area (Å²) in [4.78, 5) is 41.0. The van der Waals surface area contributed by atoms with Crippen LogP contribution in [0.15, 0.2) is 0 Å². The molecule has 0 aromatic rings. The summed E-state index contributed by atoms with van der Waals surface area (Å²) in [6.45, 7) is 1.17. The molecule has 0 aromatic carbocycles. The summed E-state index contributed by atoms with van der Waals surface area (Å²) >= 11 is 0. The van der Waals surface area contributed by atoms with Crippen molar-refractivity contribution in [3.63, 3.8) is 0 Å². The molecule has 0 saturated heterocycles. The number of Topliss-reactive ketones (excluding diaryl/α,β-unsaturated/α-hetero) is 1. The van der Waals surface area contributed by atoms with Gasteiger partial charge in [-0.25, -0.2) is 0 Å². The minimum absolute atomic E-state index is 0. The summed E-state index contributed by atoms with van der Waals surface area (Å²) in [5.74, 6) is -2.46. The molecule has 0 spiro atoms. The van der Waals surface area contributed by atoms with Gasteiger partial charge in [0.15, 0.2) is 0 Å². The van der Waals surface area contributed by atoms with E-state index in [-0.39, 0.29) is 44.4 Å². The van der Waals surface area contributed by atoms with Gasteiger partial charge in [-0.2, -0.15) is 0 Å². The average Bonchev–Trinajstić information content (AvgIpc) is 2.00. The summed E-state index contributed by atoms with van der Waals surface area (Å²) < 4.78 is 3.89. The molecule has 0 amide bonds. The van der Waals surface area contributed by atoms with Crippen LogP contribution in [-0.4, -0.2) is 24.5 Å². The maximum atomic E-state index is 10.7. The Bertz CT molecular complexity index is 213. The number of carbonyl (C=O) groups is 4. The van der Waals surface area contributed by atoms with E-state index in [2.05, 4.69) is 4.74 Å². The van der Waals surface area contributed by atoms with Gasteiger partial charge in [-0.3, -0.25) is 14.4 Å². The van der Waals surface area contributed by atoms with Crippen LogP contribution in [0.3, 0.4) is 0 Å². The van der Waals surface area contributed by atoms with Crippen molar-refractivity contribution in [2.24, 2.45) is 5.92 Å². The average molecular weight is 275 g/mol.